The minimum absolute atomic E-state index is 0.0733. The molecule has 4 atom stereocenters. The molecule has 0 aromatic rings. The molecule has 2 rings (SSSR count). The first-order valence-electron chi connectivity index (χ1n) is 8.53. The molecule has 0 spiro atoms. The van der Waals surface area contributed by atoms with Gasteiger partial charge in [0.25, 0.3) is 0 Å². The van der Waals surface area contributed by atoms with Gasteiger partial charge in [0.2, 0.25) is 0 Å². The van der Waals surface area contributed by atoms with Gasteiger partial charge in [-0.3, -0.25) is 0 Å². The smallest absolute Gasteiger partial charge is 0.333 e. The third kappa shape index (κ3) is 3.30. The van der Waals surface area contributed by atoms with Crippen LogP contribution in [0.15, 0.2) is 35.5 Å². The Morgan fingerprint density at radius 1 is 1.43 bits per heavy atom. The van der Waals surface area contributed by atoms with E-state index in [4.69, 9.17) is 4.74 Å². The Morgan fingerprint density at radius 2 is 2.09 bits per heavy atom. The Kier molecular flexibility index (Phi) is 4.91. The minimum atomic E-state index is -0.734. The highest BCUT2D eigenvalue weighted by Crippen LogP contribution is 2.55. The van der Waals surface area contributed by atoms with Gasteiger partial charge in [-0.25, -0.2) is 4.79 Å². The van der Waals surface area contributed by atoms with Crippen molar-refractivity contribution >= 4 is 5.97 Å². The summed E-state index contributed by atoms with van der Waals surface area (Å²) in [5, 5.41) is 10.9. The standard InChI is InChI=1S/C20H30O3/c1-7-14(4)18(21)23-17-9-11-20(6,22)16-12-15(13(2)3)8-10-19(16,17)5/h7-8,16-17,22H,2,9-12H2,1,3-6H3. The van der Waals surface area contributed by atoms with Crippen molar-refractivity contribution in [3.63, 3.8) is 0 Å². The van der Waals surface area contributed by atoms with E-state index in [0.29, 0.717) is 18.4 Å². The second-order valence-electron chi connectivity index (χ2n) is 7.74. The molecule has 2 aliphatic carbocycles. The Bertz CT molecular complexity index is 567. The summed E-state index contributed by atoms with van der Waals surface area (Å²) in [6.45, 7) is 13.8. The fraction of sp³-hybridized carbons (Fsp3) is 0.650. The lowest BCUT2D eigenvalue weighted by molar-refractivity contribution is -0.182. The van der Waals surface area contributed by atoms with E-state index in [1.54, 1.807) is 13.0 Å². The molecule has 1 N–H and O–H groups in total. The third-order valence-electron chi connectivity index (χ3n) is 5.96. The number of esters is 1. The summed E-state index contributed by atoms with van der Waals surface area (Å²) in [7, 11) is 0. The van der Waals surface area contributed by atoms with Crippen molar-refractivity contribution in [2.75, 3.05) is 0 Å². The molecule has 0 bridgehead atoms. The lowest BCUT2D eigenvalue weighted by Crippen LogP contribution is -2.57. The SMILES string of the molecule is C=C(C)C1=CCC2(C)C(OC(=O)C(C)=CC)CCC(C)(O)C2C1. The molecule has 1 fully saturated rings. The van der Waals surface area contributed by atoms with Gasteiger partial charge in [0.05, 0.1) is 5.60 Å². The number of carbonyl (C=O) groups excluding carboxylic acids is 1. The number of aliphatic hydroxyl groups is 1. The summed E-state index contributed by atoms with van der Waals surface area (Å²) in [4.78, 5) is 12.2. The first kappa shape index (κ1) is 18.0. The molecule has 0 heterocycles. The molecule has 0 aromatic carbocycles. The van der Waals surface area contributed by atoms with Crippen LogP contribution in [0, 0.1) is 11.3 Å². The van der Waals surface area contributed by atoms with Crippen LogP contribution in [0.5, 0.6) is 0 Å². The topological polar surface area (TPSA) is 46.5 Å². The second kappa shape index (κ2) is 6.27. The van der Waals surface area contributed by atoms with E-state index >= 15 is 0 Å². The van der Waals surface area contributed by atoms with Crippen LogP contribution in [0.4, 0.5) is 0 Å². The van der Waals surface area contributed by atoms with E-state index in [0.717, 1.165) is 18.4 Å². The van der Waals surface area contributed by atoms with E-state index in [-0.39, 0.29) is 23.4 Å². The number of allylic oxidation sites excluding steroid dienone is 4. The van der Waals surface area contributed by atoms with Crippen molar-refractivity contribution in [1.29, 1.82) is 0 Å². The highest BCUT2D eigenvalue weighted by atomic mass is 16.5. The molecule has 1 saturated carbocycles. The number of hydrogen-bond acceptors (Lipinski definition) is 3. The van der Waals surface area contributed by atoms with Crippen LogP contribution in [-0.2, 0) is 9.53 Å². The summed E-state index contributed by atoms with van der Waals surface area (Å²) in [5.41, 5.74) is 1.96. The molecule has 2 aliphatic rings. The summed E-state index contributed by atoms with van der Waals surface area (Å²) in [6.07, 6.45) is 6.81. The zero-order chi connectivity index (χ0) is 17.4. The van der Waals surface area contributed by atoms with Gasteiger partial charge in [-0.05, 0) is 59.0 Å². The molecule has 3 heteroatoms. The third-order valence-corrected chi connectivity index (χ3v) is 5.96. The van der Waals surface area contributed by atoms with E-state index in [1.165, 1.54) is 5.57 Å². The molecule has 0 amide bonds. The maximum Gasteiger partial charge on any atom is 0.333 e. The predicted octanol–water partition coefficient (Wildman–Crippen LogP) is 4.33. The maximum atomic E-state index is 12.2. The Labute approximate surface area is 140 Å². The molecule has 3 nitrogen and oxygen atoms in total. The Balaban J connectivity index is 2.31. The first-order valence-corrected chi connectivity index (χ1v) is 8.53. The molecule has 0 saturated heterocycles. The number of fused-ring (bicyclic) bond motifs is 1. The molecule has 4 unspecified atom stereocenters. The molecule has 0 radical (unpaired) electrons. The molecule has 0 aromatic heterocycles. The van der Waals surface area contributed by atoms with Gasteiger partial charge in [-0.1, -0.05) is 31.2 Å². The number of ether oxygens (including phenoxy) is 1. The van der Waals surface area contributed by atoms with Gasteiger partial charge >= 0.3 is 5.97 Å². The van der Waals surface area contributed by atoms with Gasteiger partial charge in [0, 0.05) is 16.9 Å². The van der Waals surface area contributed by atoms with Crippen LogP contribution in [0.3, 0.4) is 0 Å². The van der Waals surface area contributed by atoms with E-state index in [9.17, 15) is 9.90 Å². The summed E-state index contributed by atoms with van der Waals surface area (Å²) in [5.74, 6) is -0.169. The Hall–Kier alpha value is -1.35. The van der Waals surface area contributed by atoms with Crippen LogP contribution in [0.1, 0.15) is 60.3 Å². The minimum Gasteiger partial charge on any atom is -0.458 e. The zero-order valence-electron chi connectivity index (χ0n) is 15.1. The van der Waals surface area contributed by atoms with Crippen molar-refractivity contribution in [3.8, 4) is 0 Å². The van der Waals surface area contributed by atoms with Crippen molar-refractivity contribution in [2.24, 2.45) is 11.3 Å². The van der Waals surface area contributed by atoms with Crippen molar-refractivity contribution in [2.45, 2.75) is 72.0 Å². The van der Waals surface area contributed by atoms with Crippen LogP contribution in [0.25, 0.3) is 0 Å². The average molecular weight is 318 g/mol. The predicted molar refractivity (Wildman–Crippen MR) is 92.9 cm³/mol. The van der Waals surface area contributed by atoms with Gasteiger partial charge in [0.1, 0.15) is 6.10 Å². The van der Waals surface area contributed by atoms with Crippen LogP contribution < -0.4 is 0 Å². The Morgan fingerprint density at radius 3 is 2.65 bits per heavy atom. The summed E-state index contributed by atoms with van der Waals surface area (Å²) in [6, 6.07) is 0. The maximum absolute atomic E-state index is 12.2. The molecule has 23 heavy (non-hydrogen) atoms. The van der Waals surface area contributed by atoms with Crippen molar-refractivity contribution in [3.05, 3.63) is 35.5 Å². The number of rotatable bonds is 3. The van der Waals surface area contributed by atoms with Gasteiger partial charge in [0.15, 0.2) is 0 Å². The lowest BCUT2D eigenvalue weighted by atomic mass is 9.54. The summed E-state index contributed by atoms with van der Waals surface area (Å²) < 4.78 is 5.84. The number of hydrogen-bond donors (Lipinski definition) is 1. The summed E-state index contributed by atoms with van der Waals surface area (Å²) >= 11 is 0. The highest BCUT2D eigenvalue weighted by molar-refractivity contribution is 5.87. The van der Waals surface area contributed by atoms with Crippen LogP contribution in [-0.4, -0.2) is 22.8 Å². The largest absolute Gasteiger partial charge is 0.458 e. The van der Waals surface area contributed by atoms with Crippen LogP contribution in [0.2, 0.25) is 0 Å². The quantitative estimate of drug-likeness (QED) is 0.622. The first-order chi connectivity index (χ1) is 10.6. The second-order valence-corrected chi connectivity index (χ2v) is 7.74. The molecular formula is C20H30O3. The fourth-order valence-electron chi connectivity index (χ4n) is 4.12. The molecule has 128 valence electrons. The normalized spacial score (nSPS) is 37.7. The van der Waals surface area contributed by atoms with Crippen LogP contribution >= 0.6 is 0 Å². The fourth-order valence-corrected chi connectivity index (χ4v) is 4.12. The average Bonchev–Trinajstić information content (AvgIpc) is 2.49. The monoisotopic (exact) mass is 318 g/mol. The highest BCUT2D eigenvalue weighted by Gasteiger charge is 2.55. The van der Waals surface area contributed by atoms with Gasteiger partial charge in [-0.2, -0.15) is 0 Å². The lowest BCUT2D eigenvalue weighted by Gasteiger charge is -2.55. The number of carbonyl (C=O) groups is 1. The van der Waals surface area contributed by atoms with Crippen molar-refractivity contribution < 1.29 is 14.6 Å². The van der Waals surface area contributed by atoms with Crippen molar-refractivity contribution in [1.82, 2.24) is 0 Å². The van der Waals surface area contributed by atoms with E-state index < -0.39 is 5.60 Å². The van der Waals surface area contributed by atoms with E-state index in [1.807, 2.05) is 20.8 Å². The molecule has 0 aliphatic heterocycles. The zero-order valence-corrected chi connectivity index (χ0v) is 15.1. The van der Waals surface area contributed by atoms with Gasteiger partial charge in [-0.15, -0.1) is 0 Å². The van der Waals surface area contributed by atoms with Gasteiger partial charge < -0.3 is 9.84 Å². The van der Waals surface area contributed by atoms with E-state index in [2.05, 4.69) is 19.6 Å². The molecular weight excluding hydrogens is 288 g/mol.